The van der Waals surface area contributed by atoms with Gasteiger partial charge in [0.2, 0.25) is 0 Å². The van der Waals surface area contributed by atoms with Gasteiger partial charge in [0, 0.05) is 18.8 Å². The van der Waals surface area contributed by atoms with E-state index in [4.69, 9.17) is 4.74 Å². The summed E-state index contributed by atoms with van der Waals surface area (Å²) in [6, 6.07) is 0. The van der Waals surface area contributed by atoms with E-state index in [1.165, 1.54) is 12.8 Å². The molecule has 1 heterocycles. The fraction of sp³-hybridized carbons (Fsp3) is 1.00. The number of hydrogen-bond acceptors (Lipinski definition) is 2. The minimum absolute atomic E-state index is 0. The molecule has 0 aliphatic carbocycles. The van der Waals surface area contributed by atoms with Gasteiger partial charge in [-0.2, -0.15) is 0 Å². The summed E-state index contributed by atoms with van der Waals surface area (Å²) in [5.74, 6) is 0.831. The van der Waals surface area contributed by atoms with Crippen LogP contribution in [0.3, 0.4) is 0 Å². The fourth-order valence-corrected chi connectivity index (χ4v) is 1.40. The lowest BCUT2D eigenvalue weighted by molar-refractivity contribution is 0.0644. The maximum absolute atomic E-state index is 5.30. The van der Waals surface area contributed by atoms with Crippen molar-refractivity contribution in [3.05, 3.63) is 0 Å². The van der Waals surface area contributed by atoms with Crippen LogP contribution in [0.2, 0.25) is 0 Å². The molecule has 1 saturated heterocycles. The zero-order valence-electron chi connectivity index (χ0n) is 8.93. The molecule has 80 valence electrons. The Morgan fingerprint density at radius 1 is 1.23 bits per heavy atom. The molecule has 0 saturated carbocycles. The van der Waals surface area contributed by atoms with Gasteiger partial charge in [0.15, 0.2) is 0 Å². The second kappa shape index (κ2) is 5.84. The standard InChI is InChI=1S/C10H21NO.ClH/c1-10(2,3)11-8-9-4-6-12-7-5-9;/h9,11H,4-8H2,1-3H3;1H. The Bertz CT molecular complexity index is 127. The number of ether oxygens (including phenoxy) is 1. The van der Waals surface area contributed by atoms with E-state index >= 15 is 0 Å². The predicted octanol–water partition coefficient (Wildman–Crippen LogP) is 2.22. The van der Waals surface area contributed by atoms with Crippen LogP contribution in [0.15, 0.2) is 0 Å². The van der Waals surface area contributed by atoms with Crippen LogP contribution in [0, 0.1) is 5.92 Å². The summed E-state index contributed by atoms with van der Waals surface area (Å²) >= 11 is 0. The quantitative estimate of drug-likeness (QED) is 0.750. The van der Waals surface area contributed by atoms with Crippen LogP contribution in [-0.4, -0.2) is 25.3 Å². The highest BCUT2D eigenvalue weighted by Gasteiger charge is 2.16. The first-order valence-corrected chi connectivity index (χ1v) is 4.91. The van der Waals surface area contributed by atoms with Crippen molar-refractivity contribution >= 4 is 12.4 Å². The van der Waals surface area contributed by atoms with Crippen LogP contribution in [0.5, 0.6) is 0 Å². The van der Waals surface area contributed by atoms with Gasteiger partial charge in [-0.05, 0) is 46.1 Å². The molecule has 0 aromatic rings. The maximum atomic E-state index is 5.30. The molecule has 2 nitrogen and oxygen atoms in total. The lowest BCUT2D eigenvalue weighted by Crippen LogP contribution is -2.40. The maximum Gasteiger partial charge on any atom is 0.0469 e. The van der Waals surface area contributed by atoms with Crippen LogP contribution >= 0.6 is 12.4 Å². The van der Waals surface area contributed by atoms with Crippen LogP contribution in [0.1, 0.15) is 33.6 Å². The summed E-state index contributed by atoms with van der Waals surface area (Å²) in [5, 5.41) is 3.54. The molecule has 0 unspecified atom stereocenters. The highest BCUT2D eigenvalue weighted by molar-refractivity contribution is 5.85. The lowest BCUT2D eigenvalue weighted by atomic mass is 9.98. The smallest absolute Gasteiger partial charge is 0.0469 e. The van der Waals surface area contributed by atoms with Crippen molar-refractivity contribution in [2.24, 2.45) is 5.92 Å². The number of halogens is 1. The average Bonchev–Trinajstić information content (AvgIpc) is 2.02. The first kappa shape index (κ1) is 13.2. The molecule has 0 radical (unpaired) electrons. The second-order valence-electron chi connectivity index (χ2n) is 4.69. The zero-order chi connectivity index (χ0) is 9.03. The number of nitrogens with one attached hydrogen (secondary N) is 1. The molecule has 1 rings (SSSR count). The Morgan fingerprint density at radius 3 is 2.23 bits per heavy atom. The summed E-state index contributed by atoms with van der Waals surface area (Å²) in [7, 11) is 0. The van der Waals surface area contributed by atoms with Crippen molar-refractivity contribution < 1.29 is 4.74 Å². The van der Waals surface area contributed by atoms with Crippen molar-refractivity contribution in [2.45, 2.75) is 39.2 Å². The Kier molecular flexibility index (Phi) is 5.93. The highest BCUT2D eigenvalue weighted by atomic mass is 35.5. The van der Waals surface area contributed by atoms with Crippen molar-refractivity contribution in [2.75, 3.05) is 19.8 Å². The molecule has 3 heteroatoms. The van der Waals surface area contributed by atoms with Crippen LogP contribution in [-0.2, 0) is 4.74 Å². The fourth-order valence-electron chi connectivity index (χ4n) is 1.40. The summed E-state index contributed by atoms with van der Waals surface area (Å²) in [6.07, 6.45) is 2.45. The van der Waals surface area contributed by atoms with Crippen LogP contribution < -0.4 is 5.32 Å². The topological polar surface area (TPSA) is 21.3 Å². The van der Waals surface area contributed by atoms with Gasteiger partial charge in [0.25, 0.3) is 0 Å². The minimum Gasteiger partial charge on any atom is -0.381 e. The van der Waals surface area contributed by atoms with Gasteiger partial charge >= 0.3 is 0 Å². The third-order valence-electron chi connectivity index (χ3n) is 2.26. The highest BCUT2D eigenvalue weighted by Crippen LogP contribution is 2.14. The van der Waals surface area contributed by atoms with Crippen molar-refractivity contribution in [3.63, 3.8) is 0 Å². The Hall–Kier alpha value is 0.210. The van der Waals surface area contributed by atoms with Crippen molar-refractivity contribution in [1.82, 2.24) is 5.32 Å². The summed E-state index contributed by atoms with van der Waals surface area (Å²) in [5.41, 5.74) is 0.262. The van der Waals surface area contributed by atoms with Gasteiger partial charge < -0.3 is 10.1 Å². The molecular weight excluding hydrogens is 186 g/mol. The molecular formula is C10H22ClNO. The van der Waals surface area contributed by atoms with E-state index in [0.717, 1.165) is 25.7 Å². The first-order chi connectivity index (χ1) is 5.58. The minimum atomic E-state index is 0. The molecule has 1 fully saturated rings. The van der Waals surface area contributed by atoms with Gasteiger partial charge in [0.1, 0.15) is 0 Å². The Morgan fingerprint density at radius 2 is 1.77 bits per heavy atom. The lowest BCUT2D eigenvalue weighted by Gasteiger charge is -2.27. The average molecular weight is 208 g/mol. The van der Waals surface area contributed by atoms with Crippen molar-refractivity contribution in [1.29, 1.82) is 0 Å². The van der Waals surface area contributed by atoms with Crippen LogP contribution in [0.4, 0.5) is 0 Å². The molecule has 0 spiro atoms. The van der Waals surface area contributed by atoms with E-state index in [2.05, 4.69) is 26.1 Å². The molecule has 1 aliphatic heterocycles. The largest absolute Gasteiger partial charge is 0.381 e. The van der Waals surface area contributed by atoms with Gasteiger partial charge in [-0.25, -0.2) is 0 Å². The number of rotatable bonds is 2. The van der Waals surface area contributed by atoms with E-state index < -0.39 is 0 Å². The van der Waals surface area contributed by atoms with Gasteiger partial charge in [-0.15, -0.1) is 12.4 Å². The van der Waals surface area contributed by atoms with Gasteiger partial charge in [0.05, 0.1) is 0 Å². The van der Waals surface area contributed by atoms with E-state index in [9.17, 15) is 0 Å². The van der Waals surface area contributed by atoms with Gasteiger partial charge in [-0.1, -0.05) is 0 Å². The molecule has 0 aromatic heterocycles. The molecule has 0 atom stereocenters. The summed E-state index contributed by atoms with van der Waals surface area (Å²) in [4.78, 5) is 0. The van der Waals surface area contributed by atoms with E-state index in [1.807, 2.05) is 0 Å². The Balaban J connectivity index is 0.00000144. The molecule has 1 aliphatic rings. The molecule has 0 bridgehead atoms. The number of hydrogen-bond donors (Lipinski definition) is 1. The van der Waals surface area contributed by atoms with E-state index in [-0.39, 0.29) is 17.9 Å². The second-order valence-corrected chi connectivity index (χ2v) is 4.69. The first-order valence-electron chi connectivity index (χ1n) is 4.91. The third kappa shape index (κ3) is 6.30. The summed E-state index contributed by atoms with van der Waals surface area (Å²) in [6.45, 7) is 9.70. The zero-order valence-corrected chi connectivity index (χ0v) is 9.75. The summed E-state index contributed by atoms with van der Waals surface area (Å²) < 4.78 is 5.30. The van der Waals surface area contributed by atoms with E-state index in [0.29, 0.717) is 0 Å². The van der Waals surface area contributed by atoms with Crippen molar-refractivity contribution in [3.8, 4) is 0 Å². The SMILES string of the molecule is CC(C)(C)NCC1CCOCC1.Cl. The molecule has 0 aromatic carbocycles. The monoisotopic (exact) mass is 207 g/mol. The molecule has 13 heavy (non-hydrogen) atoms. The van der Waals surface area contributed by atoms with Gasteiger partial charge in [-0.3, -0.25) is 0 Å². The van der Waals surface area contributed by atoms with Crippen LogP contribution in [0.25, 0.3) is 0 Å². The Labute approximate surface area is 87.8 Å². The van der Waals surface area contributed by atoms with E-state index in [1.54, 1.807) is 0 Å². The third-order valence-corrected chi connectivity index (χ3v) is 2.26. The molecule has 1 N–H and O–H groups in total. The predicted molar refractivity (Wildman–Crippen MR) is 58.5 cm³/mol. The normalized spacial score (nSPS) is 19.6. The molecule has 0 amide bonds.